The summed E-state index contributed by atoms with van der Waals surface area (Å²) in [6.07, 6.45) is 6.54. The van der Waals surface area contributed by atoms with Crippen LogP contribution < -0.4 is 25.1 Å². The Morgan fingerprint density at radius 2 is 1.64 bits per heavy atom. The normalized spacial score (nSPS) is 20.4. The minimum Gasteiger partial charge on any atom is -0.496 e. The number of amides is 5. The minimum atomic E-state index is -1.11. The van der Waals surface area contributed by atoms with Crippen LogP contribution >= 0.6 is 0 Å². The molecular formula is C43H44N6O10. The van der Waals surface area contributed by atoms with E-state index in [-0.39, 0.29) is 71.8 Å². The highest BCUT2D eigenvalue weighted by Gasteiger charge is 2.47. The summed E-state index contributed by atoms with van der Waals surface area (Å²) in [5, 5.41) is 3.48. The number of rotatable bonds is 13. The van der Waals surface area contributed by atoms with Crippen molar-refractivity contribution in [2.75, 3.05) is 47.0 Å². The fourth-order valence-electron chi connectivity index (χ4n) is 8.47. The van der Waals surface area contributed by atoms with Crippen LogP contribution in [0.2, 0.25) is 0 Å². The minimum absolute atomic E-state index is 0.00764. The van der Waals surface area contributed by atoms with E-state index in [9.17, 15) is 33.6 Å². The van der Waals surface area contributed by atoms with E-state index >= 15 is 0 Å². The maximum absolute atomic E-state index is 13.5. The summed E-state index contributed by atoms with van der Waals surface area (Å²) in [4.78, 5) is 98.8. The Kier molecular flexibility index (Phi) is 10.7. The Labute approximate surface area is 339 Å². The van der Waals surface area contributed by atoms with Crippen molar-refractivity contribution in [2.45, 2.75) is 44.7 Å². The number of carbonyl (C=O) groups is 6. The molecule has 1 aliphatic carbocycles. The SMILES string of the molecule is COc1cc(-c2cn(C)c(=O)c3cnccc23)cc(OC)c1CN1CCN(C(=O)C2CC2CCC(=O)COc2cccc3c2C(=O)N(C2CCC(=O)NC2=O)C3=O)CC1. The molecule has 1 N–H and O–H groups in total. The molecule has 306 valence electrons. The zero-order valence-electron chi connectivity index (χ0n) is 33.0. The van der Waals surface area contributed by atoms with Crippen LogP contribution in [0.25, 0.3) is 21.9 Å². The molecule has 5 amide bonds. The lowest BCUT2D eigenvalue weighted by Gasteiger charge is -2.35. The molecule has 2 saturated heterocycles. The molecule has 16 nitrogen and oxygen atoms in total. The third-order valence-corrected chi connectivity index (χ3v) is 11.8. The molecule has 1 saturated carbocycles. The Balaban J connectivity index is 0.822. The fraction of sp³-hybridized carbons (Fsp3) is 0.395. The molecule has 4 aliphatic rings. The number of piperidine rings is 1. The van der Waals surface area contributed by atoms with E-state index in [4.69, 9.17) is 14.2 Å². The number of nitrogens with one attached hydrogen (secondary N) is 1. The maximum Gasteiger partial charge on any atom is 0.266 e. The van der Waals surface area contributed by atoms with Gasteiger partial charge in [0.2, 0.25) is 17.7 Å². The first-order chi connectivity index (χ1) is 28.5. The Bertz CT molecular complexity index is 2450. The molecule has 3 fully saturated rings. The van der Waals surface area contributed by atoms with E-state index in [0.717, 1.165) is 27.0 Å². The van der Waals surface area contributed by atoms with Crippen LogP contribution in [0.15, 0.2) is 59.8 Å². The molecule has 3 atom stereocenters. The van der Waals surface area contributed by atoms with Crippen molar-refractivity contribution in [3.05, 3.63) is 82.0 Å². The highest BCUT2D eigenvalue weighted by molar-refractivity contribution is 6.24. The third-order valence-electron chi connectivity index (χ3n) is 11.8. The van der Waals surface area contributed by atoms with Crippen molar-refractivity contribution in [3.8, 4) is 28.4 Å². The molecule has 3 unspecified atom stereocenters. The van der Waals surface area contributed by atoms with Gasteiger partial charge in [0, 0.05) is 82.7 Å². The molecule has 0 bridgehead atoms. The van der Waals surface area contributed by atoms with E-state index in [0.29, 0.717) is 62.5 Å². The number of imide groups is 2. The summed E-state index contributed by atoms with van der Waals surface area (Å²) in [6.45, 7) is 2.70. The van der Waals surface area contributed by atoms with Gasteiger partial charge in [0.15, 0.2) is 5.78 Å². The molecule has 5 heterocycles. The van der Waals surface area contributed by atoms with Crippen molar-refractivity contribution in [1.82, 2.24) is 29.6 Å². The first-order valence-corrected chi connectivity index (χ1v) is 19.7. The van der Waals surface area contributed by atoms with Crippen LogP contribution in [-0.2, 0) is 32.8 Å². The van der Waals surface area contributed by atoms with Gasteiger partial charge in [-0.2, -0.15) is 0 Å². The summed E-state index contributed by atoms with van der Waals surface area (Å²) in [6, 6.07) is 9.14. The lowest BCUT2D eigenvalue weighted by atomic mass is 9.98. The number of nitrogens with zero attached hydrogens (tertiary/aromatic N) is 5. The molecule has 8 rings (SSSR count). The van der Waals surface area contributed by atoms with E-state index < -0.39 is 29.7 Å². The van der Waals surface area contributed by atoms with Crippen molar-refractivity contribution in [1.29, 1.82) is 0 Å². The molecular weight excluding hydrogens is 761 g/mol. The molecule has 16 heteroatoms. The van der Waals surface area contributed by atoms with Gasteiger partial charge in [0.1, 0.15) is 29.9 Å². The number of hydrogen-bond acceptors (Lipinski definition) is 12. The second kappa shape index (κ2) is 16.1. The van der Waals surface area contributed by atoms with Gasteiger partial charge in [-0.25, -0.2) is 0 Å². The predicted octanol–water partition coefficient (Wildman–Crippen LogP) is 2.73. The van der Waals surface area contributed by atoms with Gasteiger partial charge in [-0.05, 0) is 66.5 Å². The maximum atomic E-state index is 13.5. The molecule has 2 aromatic carbocycles. The van der Waals surface area contributed by atoms with E-state index in [1.54, 1.807) is 50.5 Å². The number of pyridine rings is 2. The summed E-state index contributed by atoms with van der Waals surface area (Å²) in [5.41, 5.74) is 2.51. The molecule has 59 heavy (non-hydrogen) atoms. The van der Waals surface area contributed by atoms with Gasteiger partial charge in [-0.15, -0.1) is 0 Å². The van der Waals surface area contributed by atoms with Crippen molar-refractivity contribution < 1.29 is 43.0 Å². The number of benzene rings is 2. The fourth-order valence-corrected chi connectivity index (χ4v) is 8.47. The summed E-state index contributed by atoms with van der Waals surface area (Å²) in [7, 11) is 4.95. The number of Topliss-reactive ketones (excluding diaryl/α,β-unsaturated/α-hetero) is 1. The lowest BCUT2D eigenvalue weighted by molar-refractivity contribution is -0.136. The third kappa shape index (κ3) is 7.55. The van der Waals surface area contributed by atoms with Gasteiger partial charge < -0.3 is 23.7 Å². The lowest BCUT2D eigenvalue weighted by Crippen LogP contribution is -2.54. The van der Waals surface area contributed by atoms with E-state index in [1.165, 1.54) is 12.1 Å². The average molecular weight is 805 g/mol. The number of ether oxygens (including phenoxy) is 3. The highest BCUT2D eigenvalue weighted by atomic mass is 16.5. The van der Waals surface area contributed by atoms with Gasteiger partial charge in [0.05, 0.1) is 36.3 Å². The largest absolute Gasteiger partial charge is 0.496 e. The number of ketones is 1. The number of aromatic nitrogens is 2. The van der Waals surface area contributed by atoms with Gasteiger partial charge in [-0.1, -0.05) is 6.07 Å². The Morgan fingerprint density at radius 1 is 0.898 bits per heavy atom. The first kappa shape index (κ1) is 39.4. The summed E-state index contributed by atoms with van der Waals surface area (Å²) < 4.78 is 19.0. The second-order valence-corrected chi connectivity index (χ2v) is 15.4. The van der Waals surface area contributed by atoms with Gasteiger partial charge in [-0.3, -0.25) is 53.7 Å². The van der Waals surface area contributed by atoms with Gasteiger partial charge >= 0.3 is 0 Å². The molecule has 4 aromatic rings. The quantitative estimate of drug-likeness (QED) is 0.195. The molecule has 2 aromatic heterocycles. The van der Waals surface area contributed by atoms with E-state index in [1.807, 2.05) is 23.1 Å². The predicted molar refractivity (Wildman–Crippen MR) is 212 cm³/mol. The average Bonchev–Trinajstić information content (AvgIpc) is 3.98. The molecule has 0 radical (unpaired) electrons. The van der Waals surface area contributed by atoms with Crippen LogP contribution in [-0.4, -0.2) is 113 Å². The standard InChI is InChI=1S/C43H44N6O10/c1-46-21-31(27-11-12-44-20-30(27)40(46)53)25-18-35(57-2)32(36(19-25)58-3)22-47-13-15-48(16-14-47)41(54)29-17-24(29)7-8-26(50)23-59-34-6-4-5-28-38(34)43(56)49(42(28)55)33-9-10-37(51)45-39(33)52/h4-6,11-12,18-21,24,29,33H,7-10,13-17,22-23H2,1-3H3,(H,45,51,52). The molecule has 0 spiro atoms. The number of piperazine rings is 1. The smallest absolute Gasteiger partial charge is 0.266 e. The van der Waals surface area contributed by atoms with Crippen LogP contribution in [0.1, 0.15) is 58.4 Å². The number of carbonyl (C=O) groups excluding carboxylic acids is 6. The Hall–Kier alpha value is -6.42. The number of aryl methyl sites for hydroxylation is 1. The number of hydrogen-bond donors (Lipinski definition) is 1. The van der Waals surface area contributed by atoms with Crippen molar-refractivity contribution in [3.63, 3.8) is 0 Å². The van der Waals surface area contributed by atoms with Crippen LogP contribution in [0.5, 0.6) is 17.2 Å². The van der Waals surface area contributed by atoms with E-state index in [2.05, 4.69) is 15.2 Å². The first-order valence-electron chi connectivity index (χ1n) is 19.7. The second-order valence-electron chi connectivity index (χ2n) is 15.4. The van der Waals surface area contributed by atoms with Crippen LogP contribution in [0.3, 0.4) is 0 Å². The topological polar surface area (TPSA) is 187 Å². The van der Waals surface area contributed by atoms with Crippen LogP contribution in [0.4, 0.5) is 0 Å². The summed E-state index contributed by atoms with van der Waals surface area (Å²) in [5.74, 6) is -1.28. The zero-order valence-corrected chi connectivity index (χ0v) is 33.0. The monoisotopic (exact) mass is 804 g/mol. The number of fused-ring (bicyclic) bond motifs is 2. The zero-order chi connectivity index (χ0) is 41.5. The van der Waals surface area contributed by atoms with Crippen molar-refractivity contribution >= 4 is 46.1 Å². The number of methoxy groups -OCH3 is 2. The van der Waals surface area contributed by atoms with Crippen LogP contribution in [0, 0.1) is 11.8 Å². The highest BCUT2D eigenvalue weighted by Crippen LogP contribution is 2.44. The Morgan fingerprint density at radius 3 is 2.36 bits per heavy atom. The van der Waals surface area contributed by atoms with Crippen molar-refractivity contribution in [2.24, 2.45) is 18.9 Å². The summed E-state index contributed by atoms with van der Waals surface area (Å²) >= 11 is 0. The van der Waals surface area contributed by atoms with Gasteiger partial charge in [0.25, 0.3) is 17.4 Å². The molecule has 3 aliphatic heterocycles.